The first-order chi connectivity index (χ1) is 9.67. The molecule has 20 heavy (non-hydrogen) atoms. The van der Waals surface area contributed by atoms with E-state index < -0.39 is 0 Å². The van der Waals surface area contributed by atoms with Gasteiger partial charge in [0.15, 0.2) is 0 Å². The summed E-state index contributed by atoms with van der Waals surface area (Å²) in [6, 6.07) is 10.6. The zero-order valence-corrected chi connectivity index (χ0v) is 13.0. The van der Waals surface area contributed by atoms with E-state index in [1.807, 2.05) is 6.92 Å². The van der Waals surface area contributed by atoms with Crippen molar-refractivity contribution in [2.45, 2.75) is 33.6 Å². The van der Waals surface area contributed by atoms with Gasteiger partial charge < -0.3 is 0 Å². The maximum absolute atomic E-state index is 3.96. The minimum Gasteiger partial charge on any atom is -0.103 e. The third kappa shape index (κ3) is 5.88. The molecule has 0 amide bonds. The summed E-state index contributed by atoms with van der Waals surface area (Å²) in [6.07, 6.45) is 12.9. The van der Waals surface area contributed by atoms with Crippen molar-refractivity contribution in [3.63, 3.8) is 0 Å². The van der Waals surface area contributed by atoms with E-state index in [2.05, 4.69) is 81.1 Å². The molecular weight excluding hydrogens is 240 g/mol. The summed E-state index contributed by atoms with van der Waals surface area (Å²) in [7, 11) is 0. The number of hydrogen-bond acceptors (Lipinski definition) is 0. The van der Waals surface area contributed by atoms with Crippen LogP contribution >= 0.6 is 0 Å². The second-order valence-electron chi connectivity index (χ2n) is 5.19. The fourth-order valence-corrected chi connectivity index (χ4v) is 2.11. The van der Waals surface area contributed by atoms with Crippen LogP contribution in [0.2, 0.25) is 0 Å². The molecule has 1 aromatic rings. The Morgan fingerprint density at radius 1 is 1.10 bits per heavy atom. The molecule has 0 nitrogen and oxygen atoms in total. The first-order valence-corrected chi connectivity index (χ1v) is 7.30. The molecule has 0 fully saturated rings. The summed E-state index contributed by atoms with van der Waals surface area (Å²) in [5.74, 6) is 0.503. The minimum atomic E-state index is 0.503. The quantitative estimate of drug-likeness (QED) is 0.426. The summed E-state index contributed by atoms with van der Waals surface area (Å²) >= 11 is 0. The Balaban J connectivity index is 2.58. The standard InChI is InChI=1S/C20H26/c1-5-11-17(3)18(4)12-10-15-19(6-2)16-20-13-8-7-9-14-20/h5-14,19H,2,15-16H2,1,3-4H3. The van der Waals surface area contributed by atoms with Crippen molar-refractivity contribution in [2.24, 2.45) is 5.92 Å². The monoisotopic (exact) mass is 266 g/mol. The van der Waals surface area contributed by atoms with Crippen molar-refractivity contribution in [3.8, 4) is 0 Å². The second-order valence-corrected chi connectivity index (χ2v) is 5.19. The van der Waals surface area contributed by atoms with Crippen molar-refractivity contribution >= 4 is 0 Å². The van der Waals surface area contributed by atoms with Gasteiger partial charge in [-0.1, -0.05) is 60.7 Å². The fraction of sp³-hybridized carbons (Fsp3) is 0.300. The van der Waals surface area contributed by atoms with Crippen LogP contribution < -0.4 is 0 Å². The Hall–Kier alpha value is -1.82. The minimum absolute atomic E-state index is 0.503. The number of rotatable bonds is 7. The van der Waals surface area contributed by atoms with Gasteiger partial charge in [0.25, 0.3) is 0 Å². The summed E-state index contributed by atoms with van der Waals surface area (Å²) in [4.78, 5) is 0. The van der Waals surface area contributed by atoms with E-state index in [-0.39, 0.29) is 0 Å². The van der Waals surface area contributed by atoms with Gasteiger partial charge in [0.2, 0.25) is 0 Å². The molecule has 0 aliphatic carbocycles. The Morgan fingerprint density at radius 3 is 2.35 bits per heavy atom. The fourth-order valence-electron chi connectivity index (χ4n) is 2.11. The molecule has 0 saturated carbocycles. The normalized spacial score (nSPS) is 14.6. The summed E-state index contributed by atoms with van der Waals surface area (Å²) in [5.41, 5.74) is 4.02. The molecule has 0 aliphatic heterocycles. The van der Waals surface area contributed by atoms with Gasteiger partial charge in [0.1, 0.15) is 0 Å². The topological polar surface area (TPSA) is 0 Å². The van der Waals surface area contributed by atoms with Crippen LogP contribution in [0.3, 0.4) is 0 Å². The van der Waals surface area contributed by atoms with Gasteiger partial charge in [-0.05, 0) is 56.2 Å². The van der Waals surface area contributed by atoms with E-state index in [1.165, 1.54) is 16.7 Å². The average Bonchev–Trinajstić information content (AvgIpc) is 2.47. The maximum Gasteiger partial charge on any atom is -0.0161 e. The Bertz CT molecular complexity index is 486. The van der Waals surface area contributed by atoms with Crippen molar-refractivity contribution < 1.29 is 0 Å². The van der Waals surface area contributed by atoms with Crippen LogP contribution in [0.15, 0.2) is 78.4 Å². The molecule has 0 radical (unpaired) electrons. The third-order valence-electron chi connectivity index (χ3n) is 3.52. The molecule has 0 aliphatic rings. The van der Waals surface area contributed by atoms with E-state index in [4.69, 9.17) is 0 Å². The lowest BCUT2D eigenvalue weighted by atomic mass is 9.95. The van der Waals surface area contributed by atoms with Crippen molar-refractivity contribution in [2.75, 3.05) is 0 Å². The molecule has 1 rings (SSSR count). The van der Waals surface area contributed by atoms with Crippen LogP contribution in [-0.4, -0.2) is 0 Å². The molecule has 106 valence electrons. The lowest BCUT2D eigenvalue weighted by Crippen LogP contribution is -1.99. The van der Waals surface area contributed by atoms with Crippen LogP contribution in [0.4, 0.5) is 0 Å². The van der Waals surface area contributed by atoms with Gasteiger partial charge in [-0.15, -0.1) is 6.58 Å². The number of benzene rings is 1. The number of allylic oxidation sites excluding steroid dienone is 7. The highest BCUT2D eigenvalue weighted by atomic mass is 14.1. The van der Waals surface area contributed by atoms with Crippen molar-refractivity contribution in [3.05, 3.63) is 84.0 Å². The molecule has 0 bridgehead atoms. The van der Waals surface area contributed by atoms with E-state index in [0.29, 0.717) is 5.92 Å². The highest BCUT2D eigenvalue weighted by Gasteiger charge is 2.03. The Morgan fingerprint density at radius 2 is 1.75 bits per heavy atom. The van der Waals surface area contributed by atoms with Gasteiger partial charge in [0, 0.05) is 0 Å². The molecule has 0 spiro atoms. The average molecular weight is 266 g/mol. The van der Waals surface area contributed by atoms with Gasteiger partial charge in [-0.25, -0.2) is 0 Å². The van der Waals surface area contributed by atoms with Crippen LogP contribution in [0.25, 0.3) is 0 Å². The van der Waals surface area contributed by atoms with Gasteiger partial charge in [-0.3, -0.25) is 0 Å². The highest BCUT2D eigenvalue weighted by molar-refractivity contribution is 5.30. The molecule has 1 aromatic carbocycles. The lowest BCUT2D eigenvalue weighted by molar-refractivity contribution is 0.660. The third-order valence-corrected chi connectivity index (χ3v) is 3.52. The maximum atomic E-state index is 3.96. The molecule has 0 saturated heterocycles. The first-order valence-electron chi connectivity index (χ1n) is 7.30. The summed E-state index contributed by atoms with van der Waals surface area (Å²) in [6.45, 7) is 10.3. The predicted octanol–water partition coefficient (Wildman–Crippen LogP) is 5.89. The van der Waals surface area contributed by atoms with Gasteiger partial charge in [0.05, 0.1) is 0 Å². The Labute approximate surface area is 124 Å². The molecule has 0 heteroatoms. The molecular formula is C20H26. The van der Waals surface area contributed by atoms with Gasteiger partial charge in [-0.2, -0.15) is 0 Å². The van der Waals surface area contributed by atoms with Crippen LogP contribution in [0.1, 0.15) is 32.8 Å². The second kappa shape index (κ2) is 9.14. The molecule has 1 unspecified atom stereocenters. The Kier molecular flexibility index (Phi) is 7.42. The molecule has 0 aromatic heterocycles. The van der Waals surface area contributed by atoms with Crippen molar-refractivity contribution in [1.82, 2.24) is 0 Å². The van der Waals surface area contributed by atoms with Crippen molar-refractivity contribution in [1.29, 1.82) is 0 Å². The zero-order chi connectivity index (χ0) is 14.8. The summed E-state index contributed by atoms with van der Waals surface area (Å²) in [5, 5.41) is 0. The lowest BCUT2D eigenvalue weighted by Gasteiger charge is -2.10. The largest absolute Gasteiger partial charge is 0.103 e. The first kappa shape index (κ1) is 16.2. The number of hydrogen-bond donors (Lipinski definition) is 0. The van der Waals surface area contributed by atoms with Crippen LogP contribution in [-0.2, 0) is 6.42 Å². The molecule has 0 N–H and O–H groups in total. The smallest absolute Gasteiger partial charge is 0.0161 e. The predicted molar refractivity (Wildman–Crippen MR) is 90.8 cm³/mol. The zero-order valence-electron chi connectivity index (χ0n) is 13.0. The van der Waals surface area contributed by atoms with Crippen LogP contribution in [0, 0.1) is 5.92 Å². The highest BCUT2D eigenvalue weighted by Crippen LogP contribution is 2.15. The van der Waals surface area contributed by atoms with Crippen LogP contribution in [0.5, 0.6) is 0 Å². The SMILES string of the molecule is C=CC(CC=CC(C)=C(C)C=CC)Cc1ccccc1. The molecule has 1 atom stereocenters. The van der Waals surface area contributed by atoms with E-state index in [1.54, 1.807) is 0 Å². The van der Waals surface area contributed by atoms with E-state index in [9.17, 15) is 0 Å². The molecule has 0 heterocycles. The van der Waals surface area contributed by atoms with E-state index >= 15 is 0 Å². The van der Waals surface area contributed by atoms with E-state index in [0.717, 1.165) is 12.8 Å². The summed E-state index contributed by atoms with van der Waals surface area (Å²) < 4.78 is 0. The van der Waals surface area contributed by atoms with Gasteiger partial charge >= 0.3 is 0 Å².